The molecule has 0 bridgehead atoms. The van der Waals surface area contributed by atoms with Gasteiger partial charge >= 0.3 is 0 Å². The van der Waals surface area contributed by atoms with Crippen molar-refractivity contribution in [3.8, 4) is 0 Å². The van der Waals surface area contributed by atoms with Gasteiger partial charge < -0.3 is 5.73 Å². The van der Waals surface area contributed by atoms with Crippen LogP contribution in [0.2, 0.25) is 0 Å². The Morgan fingerprint density at radius 3 is 2.76 bits per heavy atom. The zero-order valence-corrected chi connectivity index (χ0v) is 11.4. The van der Waals surface area contributed by atoms with E-state index in [1.54, 1.807) is 4.68 Å². The largest absolute Gasteiger partial charge is 0.327 e. The fourth-order valence-electron chi connectivity index (χ4n) is 1.92. The molecule has 2 rings (SSSR count). The first-order chi connectivity index (χ1) is 8.13. The molecule has 4 heteroatoms. The van der Waals surface area contributed by atoms with E-state index in [0.717, 1.165) is 17.3 Å². The zero-order chi connectivity index (χ0) is 12.3. The van der Waals surface area contributed by atoms with E-state index in [9.17, 15) is 0 Å². The molecule has 3 nitrogen and oxygen atoms in total. The van der Waals surface area contributed by atoms with Gasteiger partial charge in [-0.05, 0) is 36.1 Å². The van der Waals surface area contributed by atoms with E-state index in [4.69, 9.17) is 5.73 Å². The molecule has 2 aromatic rings. The molecule has 1 aromatic heterocycles. The highest BCUT2D eigenvalue weighted by Gasteiger charge is 2.07. The average Bonchev–Trinajstić information content (AvgIpc) is 2.63. The molecule has 1 unspecified atom stereocenters. The van der Waals surface area contributed by atoms with Gasteiger partial charge in [-0.1, -0.05) is 28.1 Å². The van der Waals surface area contributed by atoms with Gasteiger partial charge in [-0.25, -0.2) is 0 Å². The van der Waals surface area contributed by atoms with Gasteiger partial charge in [0.05, 0.1) is 6.20 Å². The van der Waals surface area contributed by atoms with Gasteiger partial charge in [-0.3, -0.25) is 4.68 Å². The Morgan fingerprint density at radius 2 is 2.12 bits per heavy atom. The van der Waals surface area contributed by atoms with Crippen molar-refractivity contribution >= 4 is 15.9 Å². The molecule has 1 atom stereocenters. The first-order valence-corrected chi connectivity index (χ1v) is 6.40. The average molecular weight is 294 g/mol. The molecule has 0 saturated heterocycles. The third kappa shape index (κ3) is 3.68. The Bertz CT molecular complexity index is 493. The van der Waals surface area contributed by atoms with Crippen LogP contribution in [-0.4, -0.2) is 15.8 Å². The molecule has 90 valence electrons. The fourth-order valence-corrected chi connectivity index (χ4v) is 2.37. The number of nitrogens with zero attached hydrogens (tertiary/aromatic N) is 2. The highest BCUT2D eigenvalue weighted by molar-refractivity contribution is 9.10. The Labute approximate surface area is 110 Å². The third-order valence-corrected chi connectivity index (χ3v) is 3.14. The van der Waals surface area contributed by atoms with Gasteiger partial charge in [0.2, 0.25) is 0 Å². The molecule has 1 aromatic carbocycles. The molecule has 0 amide bonds. The lowest BCUT2D eigenvalue weighted by molar-refractivity contribution is 0.664. The molecular weight excluding hydrogens is 278 g/mol. The van der Waals surface area contributed by atoms with Gasteiger partial charge in [-0.15, -0.1) is 0 Å². The van der Waals surface area contributed by atoms with Gasteiger partial charge in [0.1, 0.15) is 0 Å². The van der Waals surface area contributed by atoms with Gasteiger partial charge in [-0.2, -0.15) is 5.10 Å². The van der Waals surface area contributed by atoms with Crippen LogP contribution in [0.25, 0.3) is 0 Å². The number of aryl methyl sites for hydroxylation is 1. The van der Waals surface area contributed by atoms with Crippen molar-refractivity contribution in [2.45, 2.75) is 18.9 Å². The number of aromatic nitrogens is 2. The minimum absolute atomic E-state index is 0.133. The first kappa shape index (κ1) is 12.3. The van der Waals surface area contributed by atoms with Crippen LogP contribution in [-0.2, 0) is 19.9 Å². The van der Waals surface area contributed by atoms with Crippen LogP contribution in [0.4, 0.5) is 0 Å². The summed E-state index contributed by atoms with van der Waals surface area (Å²) in [7, 11) is 1.92. The lowest BCUT2D eigenvalue weighted by Crippen LogP contribution is -2.25. The number of hydrogen-bond acceptors (Lipinski definition) is 2. The smallest absolute Gasteiger partial charge is 0.0522 e. The van der Waals surface area contributed by atoms with Crippen molar-refractivity contribution in [1.29, 1.82) is 0 Å². The molecule has 0 spiro atoms. The van der Waals surface area contributed by atoms with Crippen molar-refractivity contribution in [2.24, 2.45) is 12.8 Å². The summed E-state index contributed by atoms with van der Waals surface area (Å²) in [4.78, 5) is 0. The predicted octanol–water partition coefficient (Wildman–Crippen LogP) is 2.30. The van der Waals surface area contributed by atoms with Crippen molar-refractivity contribution in [1.82, 2.24) is 9.78 Å². The standard InChI is InChI=1S/C13H16BrN3/c1-17-9-11(8-16-17)7-13(15)6-10-3-2-4-12(14)5-10/h2-5,8-9,13H,6-7,15H2,1H3. The molecule has 0 fully saturated rings. The number of rotatable bonds is 4. The summed E-state index contributed by atoms with van der Waals surface area (Å²) in [6, 6.07) is 8.41. The molecule has 0 radical (unpaired) electrons. The number of nitrogens with two attached hydrogens (primary N) is 1. The molecule has 0 aliphatic carbocycles. The Kier molecular flexibility index (Phi) is 3.97. The van der Waals surface area contributed by atoms with Crippen LogP contribution >= 0.6 is 15.9 Å². The van der Waals surface area contributed by atoms with Crippen molar-refractivity contribution < 1.29 is 0 Å². The molecule has 1 heterocycles. The van der Waals surface area contributed by atoms with Crippen LogP contribution in [0, 0.1) is 0 Å². The second-order valence-corrected chi connectivity index (χ2v) is 5.24. The number of hydrogen-bond donors (Lipinski definition) is 1. The van der Waals surface area contributed by atoms with E-state index >= 15 is 0 Å². The Balaban J connectivity index is 1.95. The van der Waals surface area contributed by atoms with E-state index in [1.165, 1.54) is 11.1 Å². The van der Waals surface area contributed by atoms with E-state index in [0.29, 0.717) is 0 Å². The van der Waals surface area contributed by atoms with Crippen LogP contribution in [0.1, 0.15) is 11.1 Å². The van der Waals surface area contributed by atoms with Crippen molar-refractivity contribution in [3.63, 3.8) is 0 Å². The molecule has 2 N–H and O–H groups in total. The highest BCUT2D eigenvalue weighted by Crippen LogP contribution is 2.13. The number of benzene rings is 1. The van der Waals surface area contributed by atoms with Crippen LogP contribution in [0.15, 0.2) is 41.1 Å². The molecule has 0 saturated carbocycles. The summed E-state index contributed by atoms with van der Waals surface area (Å²) in [6.45, 7) is 0. The summed E-state index contributed by atoms with van der Waals surface area (Å²) >= 11 is 3.47. The second-order valence-electron chi connectivity index (χ2n) is 4.32. The molecular formula is C13H16BrN3. The maximum absolute atomic E-state index is 6.14. The summed E-state index contributed by atoms with van der Waals surface area (Å²) in [5.74, 6) is 0. The van der Waals surface area contributed by atoms with Crippen LogP contribution in [0.3, 0.4) is 0 Å². The molecule has 17 heavy (non-hydrogen) atoms. The minimum Gasteiger partial charge on any atom is -0.327 e. The summed E-state index contributed by atoms with van der Waals surface area (Å²) in [6.07, 6.45) is 5.64. The zero-order valence-electron chi connectivity index (χ0n) is 9.81. The van der Waals surface area contributed by atoms with Crippen LogP contribution < -0.4 is 5.73 Å². The summed E-state index contributed by atoms with van der Waals surface area (Å²) in [5.41, 5.74) is 8.59. The van der Waals surface area contributed by atoms with Gasteiger partial charge in [0.25, 0.3) is 0 Å². The Morgan fingerprint density at radius 1 is 1.35 bits per heavy atom. The summed E-state index contributed by atoms with van der Waals surface area (Å²) < 4.78 is 2.91. The van der Waals surface area contributed by atoms with Crippen molar-refractivity contribution in [2.75, 3.05) is 0 Å². The third-order valence-electron chi connectivity index (χ3n) is 2.64. The van der Waals surface area contributed by atoms with Gasteiger partial charge in [0.15, 0.2) is 0 Å². The Hall–Kier alpha value is -1.13. The maximum atomic E-state index is 6.14. The van der Waals surface area contributed by atoms with Crippen molar-refractivity contribution in [3.05, 3.63) is 52.3 Å². The SMILES string of the molecule is Cn1cc(CC(N)Cc2cccc(Br)c2)cn1. The van der Waals surface area contributed by atoms with E-state index < -0.39 is 0 Å². The monoisotopic (exact) mass is 293 g/mol. The number of halogens is 1. The topological polar surface area (TPSA) is 43.8 Å². The predicted molar refractivity (Wildman–Crippen MR) is 72.7 cm³/mol. The summed E-state index contributed by atoms with van der Waals surface area (Å²) in [5, 5.41) is 4.14. The maximum Gasteiger partial charge on any atom is 0.0522 e. The molecule has 0 aliphatic heterocycles. The quantitative estimate of drug-likeness (QED) is 0.940. The normalized spacial score (nSPS) is 12.6. The highest BCUT2D eigenvalue weighted by atomic mass is 79.9. The first-order valence-electron chi connectivity index (χ1n) is 5.61. The lowest BCUT2D eigenvalue weighted by atomic mass is 10.0. The van der Waals surface area contributed by atoms with Gasteiger partial charge in [0, 0.05) is 23.8 Å². The fraction of sp³-hybridized carbons (Fsp3) is 0.308. The minimum atomic E-state index is 0.133. The van der Waals surface area contributed by atoms with E-state index in [1.807, 2.05) is 31.6 Å². The second kappa shape index (κ2) is 5.47. The van der Waals surface area contributed by atoms with Crippen LogP contribution in [0.5, 0.6) is 0 Å². The lowest BCUT2D eigenvalue weighted by Gasteiger charge is -2.10. The molecule has 0 aliphatic rings. The van der Waals surface area contributed by atoms with E-state index in [-0.39, 0.29) is 6.04 Å². The van der Waals surface area contributed by atoms with E-state index in [2.05, 4.69) is 33.2 Å².